The molecule has 2 N–H and O–H groups in total. The van der Waals surface area contributed by atoms with E-state index in [1.54, 1.807) is 0 Å². The maximum absolute atomic E-state index is 5.76. The highest BCUT2D eigenvalue weighted by atomic mass is 16.5. The number of hydrogen-bond donors (Lipinski definition) is 1. The fourth-order valence-electron chi connectivity index (χ4n) is 2.34. The van der Waals surface area contributed by atoms with Crippen molar-refractivity contribution >= 4 is 0 Å². The molecular weight excluding hydrogens is 192 g/mol. The van der Waals surface area contributed by atoms with Gasteiger partial charge in [-0.25, -0.2) is 0 Å². The molecular formula is C11H22N2O2. The van der Waals surface area contributed by atoms with Gasteiger partial charge in [-0.3, -0.25) is 4.90 Å². The molecule has 0 spiro atoms. The molecule has 0 aromatic heterocycles. The highest BCUT2D eigenvalue weighted by Gasteiger charge is 2.40. The summed E-state index contributed by atoms with van der Waals surface area (Å²) in [5.74, 6) is 0. The predicted octanol–water partition coefficient (Wildman–Crippen LogP) is 0.0725. The molecule has 0 radical (unpaired) electrons. The predicted molar refractivity (Wildman–Crippen MR) is 58.8 cm³/mol. The van der Waals surface area contributed by atoms with Crippen LogP contribution in [0.15, 0.2) is 0 Å². The maximum Gasteiger partial charge on any atom is 0.0634 e. The van der Waals surface area contributed by atoms with E-state index in [9.17, 15) is 0 Å². The second-order valence-electron chi connectivity index (χ2n) is 4.78. The van der Waals surface area contributed by atoms with Gasteiger partial charge >= 0.3 is 0 Å². The number of morpholine rings is 1. The molecule has 1 unspecified atom stereocenters. The van der Waals surface area contributed by atoms with Gasteiger partial charge in [0, 0.05) is 31.1 Å². The van der Waals surface area contributed by atoms with E-state index < -0.39 is 0 Å². The third kappa shape index (κ3) is 2.33. The molecule has 2 saturated heterocycles. The van der Waals surface area contributed by atoms with Gasteiger partial charge < -0.3 is 15.2 Å². The van der Waals surface area contributed by atoms with Crippen molar-refractivity contribution in [3.05, 3.63) is 0 Å². The van der Waals surface area contributed by atoms with Crippen molar-refractivity contribution in [3.63, 3.8) is 0 Å². The van der Waals surface area contributed by atoms with E-state index in [0.717, 1.165) is 39.5 Å². The lowest BCUT2D eigenvalue weighted by molar-refractivity contribution is -0.141. The maximum atomic E-state index is 5.76. The molecule has 2 fully saturated rings. The minimum absolute atomic E-state index is 0.394. The molecule has 88 valence electrons. The van der Waals surface area contributed by atoms with Gasteiger partial charge in [0.15, 0.2) is 0 Å². The molecule has 0 saturated carbocycles. The van der Waals surface area contributed by atoms with Crippen LogP contribution < -0.4 is 5.73 Å². The summed E-state index contributed by atoms with van der Waals surface area (Å²) in [5, 5.41) is 0. The molecule has 0 aromatic carbocycles. The van der Waals surface area contributed by atoms with Gasteiger partial charge in [0.1, 0.15) is 0 Å². The van der Waals surface area contributed by atoms with Crippen LogP contribution in [-0.2, 0) is 9.47 Å². The summed E-state index contributed by atoms with van der Waals surface area (Å²) in [4.78, 5) is 2.48. The normalized spacial score (nSPS) is 31.2. The van der Waals surface area contributed by atoms with Gasteiger partial charge in [0.25, 0.3) is 0 Å². The fraction of sp³-hybridized carbons (Fsp3) is 1.00. The Morgan fingerprint density at radius 3 is 2.73 bits per heavy atom. The molecule has 4 heteroatoms. The first-order valence-corrected chi connectivity index (χ1v) is 5.89. The van der Waals surface area contributed by atoms with Crippen molar-refractivity contribution in [3.8, 4) is 0 Å². The Kier molecular flexibility index (Phi) is 3.61. The number of hydrogen-bond acceptors (Lipinski definition) is 4. The van der Waals surface area contributed by atoms with Crippen molar-refractivity contribution < 1.29 is 9.47 Å². The van der Waals surface area contributed by atoms with Crippen LogP contribution in [0.2, 0.25) is 0 Å². The van der Waals surface area contributed by atoms with Gasteiger partial charge in [-0.2, -0.15) is 0 Å². The zero-order valence-corrected chi connectivity index (χ0v) is 9.58. The van der Waals surface area contributed by atoms with Gasteiger partial charge in [-0.15, -0.1) is 0 Å². The van der Waals surface area contributed by atoms with E-state index in [0.29, 0.717) is 18.0 Å². The zero-order chi connectivity index (χ0) is 10.7. The Morgan fingerprint density at radius 2 is 2.20 bits per heavy atom. The molecule has 2 rings (SSSR count). The van der Waals surface area contributed by atoms with Crippen molar-refractivity contribution in [2.24, 2.45) is 11.1 Å². The first-order valence-electron chi connectivity index (χ1n) is 5.89. The first-order chi connectivity index (χ1) is 7.29. The van der Waals surface area contributed by atoms with E-state index in [4.69, 9.17) is 15.2 Å². The van der Waals surface area contributed by atoms with Crippen LogP contribution in [0.5, 0.6) is 0 Å². The quantitative estimate of drug-likeness (QED) is 0.719. The van der Waals surface area contributed by atoms with Crippen molar-refractivity contribution in [2.75, 3.05) is 46.1 Å². The van der Waals surface area contributed by atoms with Crippen LogP contribution in [-0.4, -0.2) is 57.0 Å². The molecule has 4 nitrogen and oxygen atoms in total. The molecule has 0 amide bonds. The van der Waals surface area contributed by atoms with Crippen LogP contribution in [0.25, 0.3) is 0 Å². The highest BCUT2D eigenvalue weighted by molar-refractivity contribution is 4.90. The molecule has 0 aromatic rings. The summed E-state index contributed by atoms with van der Waals surface area (Å²) in [6.45, 7) is 8.55. The summed E-state index contributed by atoms with van der Waals surface area (Å²) in [6, 6.07) is 0.405. The average Bonchev–Trinajstić information content (AvgIpc) is 2.24. The summed E-state index contributed by atoms with van der Waals surface area (Å²) in [7, 11) is 0. The molecule has 2 aliphatic heterocycles. The second-order valence-corrected chi connectivity index (χ2v) is 4.78. The van der Waals surface area contributed by atoms with Crippen LogP contribution in [0.3, 0.4) is 0 Å². The average molecular weight is 214 g/mol. The summed E-state index contributed by atoms with van der Waals surface area (Å²) in [5.41, 5.74) is 6.15. The summed E-state index contributed by atoms with van der Waals surface area (Å²) in [6.07, 6.45) is 1.20. The number of nitrogens with zero attached hydrogens (tertiary/aromatic N) is 1. The van der Waals surface area contributed by atoms with Gasteiger partial charge in [-0.1, -0.05) is 6.92 Å². The minimum atomic E-state index is 0.394. The van der Waals surface area contributed by atoms with E-state index in [2.05, 4.69) is 11.8 Å². The van der Waals surface area contributed by atoms with Crippen molar-refractivity contribution in [1.29, 1.82) is 0 Å². The monoisotopic (exact) mass is 214 g/mol. The highest BCUT2D eigenvalue weighted by Crippen LogP contribution is 2.32. The minimum Gasteiger partial charge on any atom is -0.380 e. The van der Waals surface area contributed by atoms with Crippen LogP contribution in [0.4, 0.5) is 0 Å². The van der Waals surface area contributed by atoms with E-state index in [1.165, 1.54) is 6.42 Å². The standard InChI is InChI=1S/C11H22N2O2/c1-2-11(8-15-9-11)7-13-3-4-14-6-10(13)5-12/h10H,2-9,12H2,1H3. The topological polar surface area (TPSA) is 47.7 Å². The van der Waals surface area contributed by atoms with Crippen molar-refractivity contribution in [1.82, 2.24) is 4.90 Å². The summed E-state index contributed by atoms with van der Waals surface area (Å²) < 4.78 is 10.8. The smallest absolute Gasteiger partial charge is 0.0634 e. The van der Waals surface area contributed by atoms with Crippen LogP contribution in [0, 0.1) is 5.41 Å². The molecule has 2 heterocycles. The zero-order valence-electron chi connectivity index (χ0n) is 9.58. The van der Waals surface area contributed by atoms with Gasteiger partial charge in [0.05, 0.1) is 26.4 Å². The van der Waals surface area contributed by atoms with Gasteiger partial charge in [0.2, 0.25) is 0 Å². The Labute approximate surface area is 91.7 Å². The van der Waals surface area contributed by atoms with E-state index in [1.807, 2.05) is 0 Å². The molecule has 0 aliphatic carbocycles. The SMILES string of the molecule is CCC1(CN2CCOCC2CN)COC1. The van der Waals surface area contributed by atoms with Gasteiger partial charge in [-0.05, 0) is 6.42 Å². The van der Waals surface area contributed by atoms with E-state index in [-0.39, 0.29) is 0 Å². The fourth-order valence-corrected chi connectivity index (χ4v) is 2.34. The largest absolute Gasteiger partial charge is 0.380 e. The first kappa shape index (κ1) is 11.3. The third-order valence-corrected chi connectivity index (χ3v) is 3.73. The number of nitrogens with two attached hydrogens (primary N) is 1. The number of rotatable bonds is 4. The Morgan fingerprint density at radius 1 is 1.40 bits per heavy atom. The number of ether oxygens (including phenoxy) is 2. The van der Waals surface area contributed by atoms with Crippen LogP contribution >= 0.6 is 0 Å². The molecule has 2 aliphatic rings. The molecule has 1 atom stereocenters. The van der Waals surface area contributed by atoms with Crippen molar-refractivity contribution in [2.45, 2.75) is 19.4 Å². The molecule has 0 bridgehead atoms. The third-order valence-electron chi connectivity index (χ3n) is 3.73. The van der Waals surface area contributed by atoms with Crippen LogP contribution in [0.1, 0.15) is 13.3 Å². The molecule has 15 heavy (non-hydrogen) atoms. The van der Waals surface area contributed by atoms with E-state index >= 15 is 0 Å². The lowest BCUT2D eigenvalue weighted by atomic mass is 9.82. The Balaban J connectivity index is 1.90. The Bertz CT molecular complexity index is 201. The Hall–Kier alpha value is -0.160. The lowest BCUT2D eigenvalue weighted by Gasteiger charge is -2.47. The second kappa shape index (κ2) is 4.78. The lowest BCUT2D eigenvalue weighted by Crippen LogP contribution is -2.57. The summed E-state index contributed by atoms with van der Waals surface area (Å²) >= 11 is 0.